The molecule has 1 aromatic carbocycles. The minimum Gasteiger partial charge on any atom is -0.478 e. The third-order valence-electron chi connectivity index (χ3n) is 2.89. The van der Waals surface area contributed by atoms with Crippen molar-refractivity contribution >= 4 is 23.4 Å². The SMILES string of the molecule is COC(=O)c1ccc(N(C)c2ccc(C(=O)O)cc2)nn1. The first-order chi connectivity index (χ1) is 10.0. The molecule has 0 saturated carbocycles. The van der Waals surface area contributed by atoms with Crippen LogP contribution in [0, 0.1) is 0 Å². The van der Waals surface area contributed by atoms with Crippen LogP contribution in [0.4, 0.5) is 11.5 Å². The molecule has 0 unspecified atom stereocenters. The molecule has 0 aliphatic rings. The van der Waals surface area contributed by atoms with Crippen molar-refractivity contribution in [2.45, 2.75) is 0 Å². The van der Waals surface area contributed by atoms with Crippen molar-refractivity contribution in [3.05, 3.63) is 47.7 Å². The monoisotopic (exact) mass is 287 g/mol. The zero-order valence-corrected chi connectivity index (χ0v) is 11.5. The van der Waals surface area contributed by atoms with Gasteiger partial charge in [0.25, 0.3) is 0 Å². The van der Waals surface area contributed by atoms with E-state index in [9.17, 15) is 9.59 Å². The fourth-order valence-electron chi connectivity index (χ4n) is 1.68. The summed E-state index contributed by atoms with van der Waals surface area (Å²) >= 11 is 0. The maximum Gasteiger partial charge on any atom is 0.358 e. The second kappa shape index (κ2) is 6.00. The largest absolute Gasteiger partial charge is 0.478 e. The Morgan fingerprint density at radius 3 is 2.24 bits per heavy atom. The third-order valence-corrected chi connectivity index (χ3v) is 2.89. The number of aromatic carboxylic acids is 1. The van der Waals surface area contributed by atoms with Crippen LogP contribution >= 0.6 is 0 Å². The first-order valence-electron chi connectivity index (χ1n) is 6.02. The fourth-order valence-corrected chi connectivity index (χ4v) is 1.68. The van der Waals surface area contributed by atoms with Crippen molar-refractivity contribution in [3.8, 4) is 0 Å². The van der Waals surface area contributed by atoms with E-state index in [0.29, 0.717) is 5.82 Å². The summed E-state index contributed by atoms with van der Waals surface area (Å²) in [4.78, 5) is 23.8. The number of benzene rings is 1. The van der Waals surface area contributed by atoms with Gasteiger partial charge in [-0.25, -0.2) is 9.59 Å². The van der Waals surface area contributed by atoms with E-state index in [1.807, 2.05) is 0 Å². The van der Waals surface area contributed by atoms with Crippen LogP contribution in [0.3, 0.4) is 0 Å². The Morgan fingerprint density at radius 2 is 1.76 bits per heavy atom. The quantitative estimate of drug-likeness (QED) is 0.856. The lowest BCUT2D eigenvalue weighted by molar-refractivity contribution is 0.0592. The van der Waals surface area contributed by atoms with Gasteiger partial charge in [-0.15, -0.1) is 10.2 Å². The molecule has 2 aromatic rings. The van der Waals surface area contributed by atoms with Gasteiger partial charge in [-0.05, 0) is 36.4 Å². The van der Waals surface area contributed by atoms with Gasteiger partial charge in [-0.3, -0.25) is 0 Å². The molecule has 0 aliphatic carbocycles. The Balaban J connectivity index is 2.21. The Kier molecular flexibility index (Phi) is 4.13. The maximum absolute atomic E-state index is 11.3. The zero-order chi connectivity index (χ0) is 15.4. The number of carbonyl (C=O) groups is 2. The molecule has 0 amide bonds. The Hall–Kier alpha value is -2.96. The van der Waals surface area contributed by atoms with E-state index < -0.39 is 11.9 Å². The van der Waals surface area contributed by atoms with Gasteiger partial charge in [0.1, 0.15) is 0 Å². The van der Waals surface area contributed by atoms with E-state index in [4.69, 9.17) is 5.11 Å². The molecule has 0 bridgehead atoms. The molecule has 0 saturated heterocycles. The van der Waals surface area contributed by atoms with E-state index >= 15 is 0 Å². The summed E-state index contributed by atoms with van der Waals surface area (Å²) in [5, 5.41) is 16.6. The number of hydrogen-bond acceptors (Lipinski definition) is 6. The van der Waals surface area contributed by atoms with Gasteiger partial charge >= 0.3 is 11.9 Å². The van der Waals surface area contributed by atoms with Crippen LogP contribution < -0.4 is 4.90 Å². The molecule has 21 heavy (non-hydrogen) atoms. The van der Waals surface area contributed by atoms with Gasteiger partial charge in [-0.2, -0.15) is 0 Å². The smallest absolute Gasteiger partial charge is 0.358 e. The van der Waals surface area contributed by atoms with Gasteiger partial charge < -0.3 is 14.7 Å². The number of aromatic nitrogens is 2. The molecule has 108 valence electrons. The van der Waals surface area contributed by atoms with Gasteiger partial charge in [0.05, 0.1) is 12.7 Å². The van der Waals surface area contributed by atoms with Crippen LogP contribution in [-0.2, 0) is 4.74 Å². The molecule has 1 aromatic heterocycles. The normalized spacial score (nSPS) is 10.0. The molecule has 0 aliphatic heterocycles. The van der Waals surface area contributed by atoms with Gasteiger partial charge in [0.15, 0.2) is 11.5 Å². The average Bonchev–Trinajstić information content (AvgIpc) is 2.53. The number of anilines is 2. The molecule has 0 radical (unpaired) electrons. The number of hydrogen-bond donors (Lipinski definition) is 1. The molecule has 0 fully saturated rings. The first-order valence-corrected chi connectivity index (χ1v) is 6.02. The highest BCUT2D eigenvalue weighted by molar-refractivity contribution is 5.88. The van der Waals surface area contributed by atoms with Crippen LogP contribution in [-0.4, -0.2) is 41.4 Å². The van der Waals surface area contributed by atoms with Crippen LogP contribution in [0.1, 0.15) is 20.8 Å². The first kappa shape index (κ1) is 14.4. The Bertz CT molecular complexity index is 653. The molecule has 7 heteroatoms. The van der Waals surface area contributed by atoms with Crippen LogP contribution in [0.2, 0.25) is 0 Å². The van der Waals surface area contributed by atoms with E-state index in [1.54, 1.807) is 30.1 Å². The summed E-state index contributed by atoms with van der Waals surface area (Å²) in [6.45, 7) is 0. The second-order valence-corrected chi connectivity index (χ2v) is 4.18. The van der Waals surface area contributed by atoms with E-state index in [-0.39, 0.29) is 11.3 Å². The molecule has 2 rings (SSSR count). The Morgan fingerprint density at radius 1 is 1.10 bits per heavy atom. The zero-order valence-electron chi connectivity index (χ0n) is 11.5. The number of carboxylic acid groups (broad SMARTS) is 1. The number of carboxylic acids is 1. The third kappa shape index (κ3) is 3.14. The number of nitrogens with zero attached hydrogens (tertiary/aromatic N) is 3. The van der Waals surface area contributed by atoms with Gasteiger partial charge in [0, 0.05) is 12.7 Å². The standard InChI is InChI=1S/C14H13N3O4/c1-17(10-5-3-9(4-6-10)13(18)19)12-8-7-11(15-16-12)14(20)21-2/h3-8H,1-2H3,(H,18,19). The molecular weight excluding hydrogens is 274 g/mol. The van der Waals surface area contributed by atoms with Crippen LogP contribution in [0.15, 0.2) is 36.4 Å². The van der Waals surface area contributed by atoms with Crippen molar-refractivity contribution in [1.29, 1.82) is 0 Å². The maximum atomic E-state index is 11.3. The Labute approximate surface area is 120 Å². The summed E-state index contributed by atoms with van der Waals surface area (Å²) in [6, 6.07) is 9.48. The lowest BCUT2D eigenvalue weighted by Gasteiger charge is -2.17. The van der Waals surface area contributed by atoms with Crippen molar-refractivity contribution in [1.82, 2.24) is 10.2 Å². The van der Waals surface area contributed by atoms with E-state index in [1.165, 1.54) is 25.3 Å². The highest BCUT2D eigenvalue weighted by Crippen LogP contribution is 2.21. The number of methoxy groups -OCH3 is 1. The second-order valence-electron chi connectivity index (χ2n) is 4.18. The summed E-state index contributed by atoms with van der Waals surface area (Å²) in [6.07, 6.45) is 0. The predicted octanol–water partition coefficient (Wildman–Crippen LogP) is 1.73. The highest BCUT2D eigenvalue weighted by Gasteiger charge is 2.11. The van der Waals surface area contributed by atoms with Crippen molar-refractivity contribution in [2.24, 2.45) is 0 Å². The summed E-state index contributed by atoms with van der Waals surface area (Å²) in [5.74, 6) is -1.01. The predicted molar refractivity (Wildman–Crippen MR) is 74.8 cm³/mol. The number of esters is 1. The topological polar surface area (TPSA) is 92.6 Å². The number of ether oxygens (including phenoxy) is 1. The molecule has 0 spiro atoms. The van der Waals surface area contributed by atoms with Crippen molar-refractivity contribution in [2.75, 3.05) is 19.1 Å². The van der Waals surface area contributed by atoms with Crippen LogP contribution in [0.5, 0.6) is 0 Å². The highest BCUT2D eigenvalue weighted by atomic mass is 16.5. The summed E-state index contributed by atoms with van der Waals surface area (Å²) in [7, 11) is 3.03. The molecule has 0 atom stereocenters. The molecular formula is C14H13N3O4. The summed E-state index contributed by atoms with van der Waals surface area (Å²) < 4.78 is 4.55. The lowest BCUT2D eigenvalue weighted by Crippen LogP contribution is -2.14. The number of carbonyl (C=O) groups excluding carboxylic acids is 1. The van der Waals surface area contributed by atoms with Gasteiger partial charge in [0.2, 0.25) is 0 Å². The average molecular weight is 287 g/mol. The number of rotatable bonds is 4. The fraction of sp³-hybridized carbons (Fsp3) is 0.143. The van der Waals surface area contributed by atoms with E-state index in [0.717, 1.165) is 5.69 Å². The van der Waals surface area contributed by atoms with Crippen molar-refractivity contribution in [3.63, 3.8) is 0 Å². The molecule has 1 heterocycles. The lowest BCUT2D eigenvalue weighted by atomic mass is 10.2. The van der Waals surface area contributed by atoms with E-state index in [2.05, 4.69) is 14.9 Å². The summed E-state index contributed by atoms with van der Waals surface area (Å²) in [5.41, 5.74) is 1.08. The molecule has 7 nitrogen and oxygen atoms in total. The molecule has 1 N–H and O–H groups in total. The van der Waals surface area contributed by atoms with Gasteiger partial charge in [-0.1, -0.05) is 0 Å². The van der Waals surface area contributed by atoms with Crippen molar-refractivity contribution < 1.29 is 19.4 Å². The van der Waals surface area contributed by atoms with Crippen LogP contribution in [0.25, 0.3) is 0 Å². The minimum absolute atomic E-state index is 0.121. The minimum atomic E-state index is -0.980.